The van der Waals surface area contributed by atoms with E-state index in [1.54, 1.807) is 33.2 Å². The first-order valence-electron chi connectivity index (χ1n) is 5.51. The predicted octanol–water partition coefficient (Wildman–Crippen LogP) is 2.20. The molecule has 1 amide bonds. The topological polar surface area (TPSA) is 38.8 Å². The second-order valence-corrected chi connectivity index (χ2v) is 4.91. The van der Waals surface area contributed by atoms with Crippen molar-refractivity contribution in [1.29, 1.82) is 0 Å². The summed E-state index contributed by atoms with van der Waals surface area (Å²) >= 11 is 1.50. The average molecular weight is 269 g/mol. The molecule has 1 unspecified atom stereocenters. The molecular formula is C13H19NO3S. The zero-order valence-electron chi connectivity index (χ0n) is 11.4. The number of thioether (sulfide) groups is 1. The van der Waals surface area contributed by atoms with Gasteiger partial charge in [-0.15, -0.1) is 11.8 Å². The van der Waals surface area contributed by atoms with E-state index in [0.717, 1.165) is 5.56 Å². The predicted molar refractivity (Wildman–Crippen MR) is 74.5 cm³/mol. The highest BCUT2D eigenvalue weighted by Crippen LogP contribution is 2.35. The Morgan fingerprint density at radius 2 is 1.83 bits per heavy atom. The fourth-order valence-electron chi connectivity index (χ4n) is 1.63. The first-order valence-corrected chi connectivity index (χ1v) is 6.79. The molecule has 0 radical (unpaired) electrons. The molecule has 0 aliphatic carbocycles. The lowest BCUT2D eigenvalue weighted by Gasteiger charge is -2.20. The quantitative estimate of drug-likeness (QED) is 0.821. The molecule has 100 valence electrons. The van der Waals surface area contributed by atoms with Crippen LogP contribution in [0.2, 0.25) is 0 Å². The Morgan fingerprint density at radius 1 is 1.22 bits per heavy atom. The molecule has 0 spiro atoms. The second-order valence-electron chi connectivity index (χ2n) is 3.96. The molecule has 1 rings (SSSR count). The number of carbonyl (C=O) groups is 1. The molecule has 0 heterocycles. The van der Waals surface area contributed by atoms with Gasteiger partial charge < -0.3 is 14.4 Å². The van der Waals surface area contributed by atoms with Crippen LogP contribution in [0, 0.1) is 0 Å². The van der Waals surface area contributed by atoms with E-state index in [9.17, 15) is 4.79 Å². The Labute approximate surface area is 112 Å². The van der Waals surface area contributed by atoms with Crippen LogP contribution in [0.5, 0.6) is 11.5 Å². The molecule has 0 saturated carbocycles. The van der Waals surface area contributed by atoms with E-state index >= 15 is 0 Å². The van der Waals surface area contributed by atoms with Crippen LogP contribution in [0.15, 0.2) is 18.2 Å². The van der Waals surface area contributed by atoms with Crippen molar-refractivity contribution in [2.45, 2.75) is 5.25 Å². The van der Waals surface area contributed by atoms with E-state index in [4.69, 9.17) is 9.47 Å². The van der Waals surface area contributed by atoms with Gasteiger partial charge in [-0.1, -0.05) is 6.07 Å². The number of methoxy groups -OCH3 is 2. The van der Waals surface area contributed by atoms with Crippen LogP contribution in [0.4, 0.5) is 0 Å². The maximum atomic E-state index is 12.1. The molecule has 0 fully saturated rings. The average Bonchev–Trinajstić information content (AvgIpc) is 2.39. The number of ether oxygens (including phenoxy) is 2. The van der Waals surface area contributed by atoms with Crippen LogP contribution in [-0.2, 0) is 4.79 Å². The summed E-state index contributed by atoms with van der Waals surface area (Å²) in [7, 11) is 6.69. The lowest BCUT2D eigenvalue weighted by atomic mass is 10.1. The fraction of sp³-hybridized carbons (Fsp3) is 0.462. The summed E-state index contributed by atoms with van der Waals surface area (Å²) in [5.74, 6) is 1.37. The summed E-state index contributed by atoms with van der Waals surface area (Å²) in [6.45, 7) is 0. The van der Waals surface area contributed by atoms with Crippen molar-refractivity contribution in [3.63, 3.8) is 0 Å². The summed E-state index contributed by atoms with van der Waals surface area (Å²) in [4.78, 5) is 13.7. The number of nitrogens with zero attached hydrogens (tertiary/aromatic N) is 1. The minimum Gasteiger partial charge on any atom is -0.493 e. The van der Waals surface area contributed by atoms with E-state index in [1.807, 2.05) is 24.5 Å². The van der Waals surface area contributed by atoms with Crippen molar-refractivity contribution >= 4 is 17.7 Å². The SMILES string of the molecule is COc1ccc(C(SC)C(=O)N(C)C)cc1OC. The zero-order chi connectivity index (χ0) is 13.7. The van der Waals surface area contributed by atoms with Gasteiger partial charge in [0.1, 0.15) is 5.25 Å². The Hall–Kier alpha value is -1.36. The number of benzene rings is 1. The second kappa shape index (κ2) is 6.54. The summed E-state index contributed by atoms with van der Waals surface area (Å²) in [6, 6.07) is 5.56. The minimum atomic E-state index is -0.222. The lowest BCUT2D eigenvalue weighted by Crippen LogP contribution is -2.26. The first kappa shape index (κ1) is 14.7. The van der Waals surface area contributed by atoms with Gasteiger partial charge in [-0.2, -0.15) is 0 Å². The highest BCUT2D eigenvalue weighted by atomic mass is 32.2. The van der Waals surface area contributed by atoms with Crippen LogP contribution in [0.3, 0.4) is 0 Å². The monoisotopic (exact) mass is 269 g/mol. The Bertz CT molecular complexity index is 421. The van der Waals surface area contributed by atoms with Crippen molar-refractivity contribution in [3.8, 4) is 11.5 Å². The third-order valence-electron chi connectivity index (χ3n) is 2.61. The lowest BCUT2D eigenvalue weighted by molar-refractivity contribution is -0.128. The number of rotatable bonds is 5. The molecule has 1 aromatic rings. The van der Waals surface area contributed by atoms with Gasteiger partial charge in [-0.3, -0.25) is 4.79 Å². The van der Waals surface area contributed by atoms with E-state index in [2.05, 4.69) is 0 Å². The fourth-order valence-corrected chi connectivity index (χ4v) is 2.46. The molecule has 0 aliphatic heterocycles. The Morgan fingerprint density at radius 3 is 2.28 bits per heavy atom. The van der Waals surface area contributed by atoms with Crippen LogP contribution in [0.25, 0.3) is 0 Å². The third-order valence-corrected chi connectivity index (χ3v) is 3.56. The van der Waals surface area contributed by atoms with Crippen molar-refractivity contribution < 1.29 is 14.3 Å². The van der Waals surface area contributed by atoms with Crippen molar-refractivity contribution in [2.24, 2.45) is 0 Å². The maximum Gasteiger partial charge on any atom is 0.239 e. The summed E-state index contributed by atoms with van der Waals surface area (Å²) in [5.41, 5.74) is 0.916. The molecule has 0 bridgehead atoms. The van der Waals surface area contributed by atoms with Gasteiger partial charge in [0.05, 0.1) is 14.2 Å². The normalized spacial score (nSPS) is 11.8. The molecule has 0 aromatic heterocycles. The molecule has 0 N–H and O–H groups in total. The van der Waals surface area contributed by atoms with Crippen LogP contribution < -0.4 is 9.47 Å². The maximum absolute atomic E-state index is 12.1. The van der Waals surface area contributed by atoms with Crippen LogP contribution >= 0.6 is 11.8 Å². The largest absolute Gasteiger partial charge is 0.493 e. The van der Waals surface area contributed by atoms with E-state index < -0.39 is 0 Å². The molecule has 0 saturated heterocycles. The molecule has 4 nitrogen and oxygen atoms in total. The Kier molecular flexibility index (Phi) is 5.34. The van der Waals surface area contributed by atoms with Gasteiger partial charge >= 0.3 is 0 Å². The molecule has 18 heavy (non-hydrogen) atoms. The van der Waals surface area contributed by atoms with Crippen molar-refractivity contribution in [2.75, 3.05) is 34.6 Å². The molecule has 1 atom stereocenters. The van der Waals surface area contributed by atoms with E-state index in [-0.39, 0.29) is 11.2 Å². The van der Waals surface area contributed by atoms with Gasteiger partial charge in [0.25, 0.3) is 0 Å². The van der Waals surface area contributed by atoms with Crippen LogP contribution in [0.1, 0.15) is 10.8 Å². The van der Waals surface area contributed by atoms with Gasteiger partial charge in [0, 0.05) is 14.1 Å². The minimum absolute atomic E-state index is 0.0646. The highest BCUT2D eigenvalue weighted by Gasteiger charge is 2.22. The molecule has 0 aliphatic rings. The number of likely N-dealkylation sites (N-methyl/N-ethyl adjacent to an activating group) is 1. The summed E-state index contributed by atoms with van der Waals surface area (Å²) in [6.07, 6.45) is 1.92. The van der Waals surface area contributed by atoms with Crippen LogP contribution in [-0.4, -0.2) is 45.4 Å². The highest BCUT2D eigenvalue weighted by molar-refractivity contribution is 7.99. The smallest absolute Gasteiger partial charge is 0.239 e. The van der Waals surface area contributed by atoms with E-state index in [0.29, 0.717) is 11.5 Å². The molecule has 1 aromatic carbocycles. The van der Waals surface area contributed by atoms with E-state index in [1.165, 1.54) is 11.8 Å². The van der Waals surface area contributed by atoms with Crippen molar-refractivity contribution in [1.82, 2.24) is 4.90 Å². The first-order chi connectivity index (χ1) is 8.54. The Balaban J connectivity index is 3.11. The number of hydrogen-bond acceptors (Lipinski definition) is 4. The van der Waals surface area contributed by atoms with Gasteiger partial charge in [0.15, 0.2) is 11.5 Å². The summed E-state index contributed by atoms with van der Waals surface area (Å²) < 4.78 is 10.4. The van der Waals surface area contributed by atoms with Gasteiger partial charge in [-0.05, 0) is 24.0 Å². The number of amides is 1. The third kappa shape index (κ3) is 3.10. The van der Waals surface area contributed by atoms with Gasteiger partial charge in [0.2, 0.25) is 5.91 Å². The number of carbonyl (C=O) groups excluding carboxylic acids is 1. The molecular weight excluding hydrogens is 250 g/mol. The standard InChI is InChI=1S/C13H19NO3S/c1-14(2)13(15)12(18-5)9-6-7-10(16-3)11(8-9)17-4/h6-8,12H,1-5H3. The molecule has 5 heteroatoms. The summed E-state index contributed by atoms with van der Waals surface area (Å²) in [5, 5.41) is -0.222. The zero-order valence-corrected chi connectivity index (χ0v) is 12.2. The van der Waals surface area contributed by atoms with Crippen molar-refractivity contribution in [3.05, 3.63) is 23.8 Å². The van der Waals surface area contributed by atoms with Gasteiger partial charge in [-0.25, -0.2) is 0 Å². The number of hydrogen-bond donors (Lipinski definition) is 0.